The molecule has 2 aromatic carbocycles. The monoisotopic (exact) mass is 1000 g/mol. The number of hydrazine groups is 1. The molecule has 0 saturated carbocycles. The van der Waals surface area contributed by atoms with Crippen molar-refractivity contribution in [2.24, 2.45) is 17.3 Å². The van der Waals surface area contributed by atoms with Gasteiger partial charge in [-0.3, -0.25) is 38.9 Å². The third-order valence-electron chi connectivity index (χ3n) is 15.0. The number of benzene rings is 2. The van der Waals surface area contributed by atoms with E-state index in [9.17, 15) is 24.0 Å². The highest BCUT2D eigenvalue weighted by Crippen LogP contribution is 2.42. The first kappa shape index (κ1) is 54.6. The minimum Gasteiger partial charge on any atom is -0.464 e. The molecule has 3 aliphatic heterocycles. The summed E-state index contributed by atoms with van der Waals surface area (Å²) in [5, 5.41) is 5.39. The number of hydrogen-bond acceptors (Lipinski definition) is 10. The van der Waals surface area contributed by atoms with E-state index in [2.05, 4.69) is 66.1 Å². The van der Waals surface area contributed by atoms with Crippen LogP contribution in [0.25, 0.3) is 33.3 Å². The number of alkyl halides is 1. The Morgan fingerprint density at radius 2 is 1.79 bits per heavy atom. The summed E-state index contributed by atoms with van der Waals surface area (Å²) in [5.74, 6) is 2.67. The van der Waals surface area contributed by atoms with Crippen molar-refractivity contribution in [1.82, 2.24) is 40.0 Å². The van der Waals surface area contributed by atoms with E-state index in [0.29, 0.717) is 49.9 Å². The smallest absolute Gasteiger partial charge is 0.324 e. The number of halogens is 1. The lowest BCUT2D eigenvalue weighted by molar-refractivity contribution is -0.155. The predicted octanol–water partition coefficient (Wildman–Crippen LogP) is 6.89. The number of rotatable bonds is 11. The first-order valence-corrected chi connectivity index (χ1v) is 25.7. The van der Waals surface area contributed by atoms with Crippen LogP contribution >= 0.6 is 0 Å². The molecule has 5 heterocycles. The zero-order chi connectivity index (χ0) is 53.1. The maximum absolute atomic E-state index is 15.0. The highest BCUT2D eigenvalue weighted by atomic mass is 19.1. The van der Waals surface area contributed by atoms with Gasteiger partial charge in [0.1, 0.15) is 24.8 Å². The van der Waals surface area contributed by atoms with Crippen molar-refractivity contribution in [2.75, 3.05) is 54.5 Å². The van der Waals surface area contributed by atoms with Crippen LogP contribution in [0.15, 0.2) is 54.7 Å². The van der Waals surface area contributed by atoms with Crippen molar-refractivity contribution >= 4 is 40.5 Å². The Kier molecular flexibility index (Phi) is 16.9. The molecule has 73 heavy (non-hydrogen) atoms. The molecule has 4 aromatic rings. The number of likely N-dealkylation sites (tertiary alicyclic amines) is 1. The summed E-state index contributed by atoms with van der Waals surface area (Å²) in [6, 6.07) is 12.7. The molecule has 3 aliphatic rings. The number of pyridine rings is 1. The van der Waals surface area contributed by atoms with Gasteiger partial charge in [-0.25, -0.2) is 9.82 Å². The van der Waals surface area contributed by atoms with Crippen molar-refractivity contribution in [2.45, 2.75) is 130 Å². The normalized spacial score (nSPS) is 20.3. The number of likely N-dealkylation sites (N-methyl/N-ethyl adjacent to an activating group) is 1. The maximum atomic E-state index is 15.0. The number of amides is 4. The Labute approximate surface area is 430 Å². The molecule has 392 valence electrons. The number of ether oxygens (including phenoxy) is 2. The van der Waals surface area contributed by atoms with Crippen LogP contribution in [0.1, 0.15) is 103 Å². The lowest BCUT2D eigenvalue weighted by Crippen LogP contribution is -2.62. The molecule has 4 amide bonds. The van der Waals surface area contributed by atoms with Gasteiger partial charge in [-0.15, -0.1) is 0 Å². The number of methoxy groups -OCH3 is 1. The molecule has 2 saturated heterocycles. The zero-order valence-corrected chi connectivity index (χ0v) is 44.9. The number of hydrogen-bond donors (Lipinski definition) is 2. The van der Waals surface area contributed by atoms with Gasteiger partial charge in [0.25, 0.3) is 11.8 Å². The number of fused-ring (bicyclic) bond motifs is 6. The predicted molar refractivity (Wildman–Crippen MR) is 280 cm³/mol. The summed E-state index contributed by atoms with van der Waals surface area (Å²) < 4.78 is 29.3. The molecule has 0 spiro atoms. The van der Waals surface area contributed by atoms with Crippen molar-refractivity contribution in [1.29, 1.82) is 0 Å². The number of aryl methyl sites for hydroxylation is 1. The molecule has 0 unspecified atom stereocenters. The van der Waals surface area contributed by atoms with Gasteiger partial charge < -0.3 is 29.2 Å². The van der Waals surface area contributed by atoms with E-state index in [4.69, 9.17) is 14.5 Å². The Morgan fingerprint density at radius 3 is 2.48 bits per heavy atom. The first-order chi connectivity index (χ1) is 34.6. The third kappa shape index (κ3) is 12.0. The van der Waals surface area contributed by atoms with Crippen LogP contribution in [-0.2, 0) is 59.5 Å². The second-order valence-corrected chi connectivity index (χ2v) is 21.9. The van der Waals surface area contributed by atoms with Gasteiger partial charge in [-0.1, -0.05) is 51.8 Å². The van der Waals surface area contributed by atoms with Crippen molar-refractivity contribution in [3.63, 3.8) is 0 Å². The average molecular weight is 1000 g/mol. The highest BCUT2D eigenvalue weighted by Gasteiger charge is 2.40. The van der Waals surface area contributed by atoms with E-state index in [-0.39, 0.29) is 50.0 Å². The van der Waals surface area contributed by atoms with E-state index in [0.717, 1.165) is 44.5 Å². The van der Waals surface area contributed by atoms with Crippen LogP contribution in [0.4, 0.5) is 4.39 Å². The molecule has 16 heteroatoms. The molecule has 2 fully saturated rings. The SMILES string of the molecule is CCn1c(-c2cccnc2[C@H](C)OC)c2c3cc(ccc31)-c1cc(CF)cc(c1)C[C@H](NC(=O)[C@H](C(C)C)N(C)C(=O)[C@H]1CCN(C(=O)C#CC(C)(C)N(C)C)C1)C(=O)N1CCC[C@H](N1)C(=O)OCC(C)(C)C2. The highest BCUT2D eigenvalue weighted by molar-refractivity contribution is 5.97. The summed E-state index contributed by atoms with van der Waals surface area (Å²) in [6.45, 7) is 16.5. The van der Waals surface area contributed by atoms with Crippen LogP contribution in [0.3, 0.4) is 0 Å². The number of cyclic esters (lactones) is 1. The largest absolute Gasteiger partial charge is 0.464 e. The standard InChI is InChI=1S/C57H75FN8O7/c1-13-65-47-19-18-39-30-43(47)44(51(65)42-16-14-23-59-49(42)36(4)72-12)31-56(5,6)34-73-55(71)45-17-15-24-66(61-45)54(70)46(29-37-26-38(32-58)28-41(39)27-37)60-52(68)50(35(2)3)63(11)53(69)40-21-25-64(33-40)48(67)20-22-57(7,8)62(9)10/h14,16,18-19,23,26-28,30,35-36,40,45-46,50,61H,13,15,17,21,24-25,29,31-34H2,1-12H3,(H,60,68)/t36-,40-,45-,46-,50-/m0/s1. The number of carbonyl (C=O) groups is 5. The number of aromatic nitrogens is 2. The van der Waals surface area contributed by atoms with Gasteiger partial charge in [0.05, 0.1) is 35.6 Å². The fourth-order valence-corrected chi connectivity index (χ4v) is 10.4. The molecule has 5 atom stereocenters. The summed E-state index contributed by atoms with van der Waals surface area (Å²) >= 11 is 0. The lowest BCUT2D eigenvalue weighted by atomic mass is 9.84. The molecular weight excluding hydrogens is 928 g/mol. The molecule has 7 rings (SSSR count). The van der Waals surface area contributed by atoms with Crippen molar-refractivity contribution in [3.8, 4) is 34.2 Å². The van der Waals surface area contributed by atoms with E-state index in [1.54, 1.807) is 31.3 Å². The number of carbonyl (C=O) groups excluding carboxylic acids is 5. The molecule has 0 aliphatic carbocycles. The molecule has 15 nitrogen and oxygen atoms in total. The van der Waals surface area contributed by atoms with Gasteiger partial charge >= 0.3 is 5.97 Å². The molecular formula is C57H75FN8O7. The van der Waals surface area contributed by atoms with Crippen molar-refractivity contribution in [3.05, 3.63) is 77.1 Å². The summed E-state index contributed by atoms with van der Waals surface area (Å²) in [5.41, 5.74) is 9.40. The second kappa shape index (κ2) is 22.5. The molecule has 2 N–H and O–H groups in total. The van der Waals surface area contributed by atoms with Gasteiger partial charge in [-0.05, 0) is 137 Å². The second-order valence-electron chi connectivity index (χ2n) is 21.9. The number of esters is 1. The first-order valence-electron chi connectivity index (χ1n) is 25.7. The van der Waals surface area contributed by atoms with E-state index >= 15 is 4.39 Å². The zero-order valence-electron chi connectivity index (χ0n) is 44.9. The minimum absolute atomic E-state index is 0.0218. The van der Waals surface area contributed by atoms with Crippen LogP contribution in [0.2, 0.25) is 0 Å². The molecule has 6 bridgehead atoms. The average Bonchev–Trinajstić information content (AvgIpc) is 3.98. The van der Waals surface area contributed by atoms with Gasteiger partial charge in [0.15, 0.2) is 0 Å². The van der Waals surface area contributed by atoms with E-state index in [1.807, 2.05) is 77.9 Å². The third-order valence-corrected chi connectivity index (χ3v) is 15.0. The summed E-state index contributed by atoms with van der Waals surface area (Å²) in [4.78, 5) is 80.8. The summed E-state index contributed by atoms with van der Waals surface area (Å²) in [7, 11) is 7.03. The summed E-state index contributed by atoms with van der Waals surface area (Å²) in [6.07, 6.45) is 3.30. The van der Waals surface area contributed by atoms with E-state index in [1.165, 1.54) is 9.91 Å². The van der Waals surface area contributed by atoms with Crippen LogP contribution in [0.5, 0.6) is 0 Å². The maximum Gasteiger partial charge on any atom is 0.324 e. The van der Waals surface area contributed by atoms with Gasteiger partial charge in [0, 0.05) is 74.8 Å². The fourth-order valence-electron chi connectivity index (χ4n) is 10.4. The Hall–Kier alpha value is -6.15. The van der Waals surface area contributed by atoms with Gasteiger partial charge in [0.2, 0.25) is 11.8 Å². The Morgan fingerprint density at radius 1 is 1.04 bits per heavy atom. The fraction of sp³-hybridized carbons (Fsp3) is 0.544. The van der Waals surface area contributed by atoms with Crippen LogP contribution < -0.4 is 10.7 Å². The topological polar surface area (TPSA) is 159 Å². The number of nitrogens with one attached hydrogen (secondary N) is 2. The quantitative estimate of drug-likeness (QED) is 0.120. The van der Waals surface area contributed by atoms with Gasteiger partial charge in [-0.2, -0.15) is 0 Å². The minimum atomic E-state index is -1.19. The Bertz CT molecular complexity index is 2790. The van der Waals surface area contributed by atoms with E-state index < -0.39 is 59.5 Å². The lowest BCUT2D eigenvalue weighted by Gasteiger charge is -2.37. The van der Waals surface area contributed by atoms with Crippen LogP contribution in [-0.4, -0.2) is 137 Å². The van der Waals surface area contributed by atoms with Crippen LogP contribution in [0, 0.1) is 29.1 Å². The number of nitrogens with zero attached hydrogens (tertiary/aromatic N) is 6. The Balaban J connectivity index is 1.27. The van der Waals surface area contributed by atoms with Crippen molar-refractivity contribution < 1.29 is 37.8 Å². The molecule has 2 aromatic heterocycles. The molecule has 0 radical (unpaired) electrons.